The smallest absolute Gasteiger partial charge is 0.252 e. The van der Waals surface area contributed by atoms with Gasteiger partial charge in [-0.05, 0) is 47.9 Å². The minimum Gasteiger partial charge on any atom is -0.379 e. The van der Waals surface area contributed by atoms with Crippen molar-refractivity contribution in [2.45, 2.75) is 17.9 Å². The first-order chi connectivity index (χ1) is 15.5. The molecule has 4 rings (SSSR count). The van der Waals surface area contributed by atoms with Crippen molar-refractivity contribution in [1.29, 1.82) is 0 Å². The first-order valence-electron chi connectivity index (χ1n) is 10.4. The van der Waals surface area contributed by atoms with E-state index in [9.17, 15) is 13.2 Å². The minimum atomic E-state index is -3.70. The van der Waals surface area contributed by atoms with Crippen LogP contribution in [0.25, 0.3) is 0 Å². The van der Waals surface area contributed by atoms with Gasteiger partial charge >= 0.3 is 0 Å². The molecule has 0 saturated carbocycles. The summed E-state index contributed by atoms with van der Waals surface area (Å²) >= 11 is 0. The molecule has 0 spiro atoms. The molecular weight excluding hydrogens is 426 g/mol. The number of hydrogen-bond donors (Lipinski definition) is 1. The second kappa shape index (κ2) is 9.60. The van der Waals surface area contributed by atoms with Crippen LogP contribution in [-0.2, 0) is 14.8 Å². The summed E-state index contributed by atoms with van der Waals surface area (Å²) in [6.45, 7) is 3.13. The Hall–Kier alpha value is -3.07. The van der Waals surface area contributed by atoms with E-state index in [-0.39, 0.29) is 10.8 Å². The standard InChI is InChI=1S/C24H25N3O4S/c1-18-7-8-21(32(29,30)27-13-15-31-16-14-27)17-22(18)24(28)26-23(19-5-3-2-4-6-19)20-9-11-25-12-10-20/h2-12,17,23H,13-16H2,1H3,(H,26,28). The monoisotopic (exact) mass is 451 g/mol. The molecule has 0 radical (unpaired) electrons. The first-order valence-corrected chi connectivity index (χ1v) is 11.8. The summed E-state index contributed by atoms with van der Waals surface area (Å²) < 4.78 is 32.8. The van der Waals surface area contributed by atoms with E-state index >= 15 is 0 Å². The Labute approximate surface area is 188 Å². The van der Waals surface area contributed by atoms with Crippen molar-refractivity contribution in [1.82, 2.24) is 14.6 Å². The van der Waals surface area contributed by atoms with E-state index in [1.807, 2.05) is 42.5 Å². The van der Waals surface area contributed by atoms with Crippen LogP contribution in [0, 0.1) is 6.92 Å². The summed E-state index contributed by atoms with van der Waals surface area (Å²) in [4.78, 5) is 17.5. The molecule has 1 saturated heterocycles. The number of rotatable bonds is 6. The van der Waals surface area contributed by atoms with Crippen molar-refractivity contribution in [2.24, 2.45) is 0 Å². The number of benzene rings is 2. The molecule has 8 heteroatoms. The van der Waals surface area contributed by atoms with E-state index < -0.39 is 16.1 Å². The number of pyridine rings is 1. The predicted molar refractivity (Wildman–Crippen MR) is 121 cm³/mol. The van der Waals surface area contributed by atoms with Gasteiger partial charge in [0.05, 0.1) is 24.2 Å². The van der Waals surface area contributed by atoms with E-state index in [0.717, 1.165) is 11.1 Å². The predicted octanol–water partition coefficient (Wildman–Crippen LogP) is 2.93. The van der Waals surface area contributed by atoms with E-state index in [0.29, 0.717) is 37.4 Å². The van der Waals surface area contributed by atoms with Crippen molar-refractivity contribution < 1.29 is 17.9 Å². The number of aryl methyl sites for hydroxylation is 1. The zero-order chi connectivity index (χ0) is 22.6. The number of nitrogens with zero attached hydrogens (tertiary/aromatic N) is 2. The third-order valence-corrected chi connectivity index (χ3v) is 7.40. The molecule has 1 N–H and O–H groups in total. The molecule has 1 amide bonds. The lowest BCUT2D eigenvalue weighted by molar-refractivity contribution is 0.0730. The molecule has 0 aliphatic carbocycles. The summed E-state index contributed by atoms with van der Waals surface area (Å²) in [5.74, 6) is -0.341. The average molecular weight is 452 g/mol. The Kier molecular flexibility index (Phi) is 6.64. The van der Waals surface area contributed by atoms with Gasteiger partial charge in [-0.2, -0.15) is 4.31 Å². The van der Waals surface area contributed by atoms with Crippen LogP contribution in [0.4, 0.5) is 0 Å². The fourth-order valence-electron chi connectivity index (χ4n) is 3.71. The lowest BCUT2D eigenvalue weighted by Gasteiger charge is -2.26. The van der Waals surface area contributed by atoms with Crippen molar-refractivity contribution >= 4 is 15.9 Å². The summed E-state index contributed by atoms with van der Waals surface area (Å²) in [7, 11) is -3.70. The van der Waals surface area contributed by atoms with Crippen molar-refractivity contribution in [3.8, 4) is 0 Å². The quantitative estimate of drug-likeness (QED) is 0.623. The number of sulfonamides is 1. The summed E-state index contributed by atoms with van der Waals surface area (Å²) in [5.41, 5.74) is 2.83. The third-order valence-electron chi connectivity index (χ3n) is 5.51. The number of hydrogen-bond acceptors (Lipinski definition) is 5. The molecule has 7 nitrogen and oxygen atoms in total. The highest BCUT2D eigenvalue weighted by molar-refractivity contribution is 7.89. The van der Waals surface area contributed by atoms with Crippen LogP contribution in [0.1, 0.15) is 33.1 Å². The number of carbonyl (C=O) groups excluding carboxylic acids is 1. The Balaban J connectivity index is 1.65. The molecule has 1 atom stereocenters. The lowest BCUT2D eigenvalue weighted by Crippen LogP contribution is -2.40. The largest absolute Gasteiger partial charge is 0.379 e. The van der Waals surface area contributed by atoms with E-state index in [1.165, 1.54) is 10.4 Å². The van der Waals surface area contributed by atoms with Crippen LogP contribution in [-0.4, -0.2) is 49.9 Å². The van der Waals surface area contributed by atoms with Gasteiger partial charge in [-0.25, -0.2) is 8.42 Å². The van der Waals surface area contributed by atoms with E-state index in [2.05, 4.69) is 10.3 Å². The number of amides is 1. The Bertz CT molecular complexity index is 1140. The molecule has 0 bridgehead atoms. The van der Waals surface area contributed by atoms with Crippen molar-refractivity contribution in [3.05, 3.63) is 95.3 Å². The van der Waals surface area contributed by atoms with Crippen LogP contribution in [0.3, 0.4) is 0 Å². The maximum absolute atomic E-state index is 13.3. The van der Waals surface area contributed by atoms with Gasteiger partial charge < -0.3 is 10.1 Å². The molecule has 3 aromatic rings. The molecule has 1 aliphatic heterocycles. The topological polar surface area (TPSA) is 88.6 Å². The normalized spacial score (nSPS) is 15.8. The zero-order valence-corrected chi connectivity index (χ0v) is 18.6. The summed E-state index contributed by atoms with van der Waals surface area (Å²) in [5, 5.41) is 3.07. The highest BCUT2D eigenvalue weighted by Gasteiger charge is 2.28. The molecule has 2 aromatic carbocycles. The van der Waals surface area contributed by atoms with Crippen LogP contribution < -0.4 is 5.32 Å². The highest BCUT2D eigenvalue weighted by atomic mass is 32.2. The second-order valence-electron chi connectivity index (χ2n) is 7.59. The molecule has 1 fully saturated rings. The molecule has 1 unspecified atom stereocenters. The van der Waals surface area contributed by atoms with Crippen molar-refractivity contribution in [3.63, 3.8) is 0 Å². The molecule has 32 heavy (non-hydrogen) atoms. The molecule has 1 aliphatic rings. The van der Waals surface area contributed by atoms with Gasteiger partial charge in [-0.3, -0.25) is 9.78 Å². The number of aromatic nitrogens is 1. The van der Waals surface area contributed by atoms with Crippen LogP contribution in [0.5, 0.6) is 0 Å². The van der Waals surface area contributed by atoms with E-state index in [1.54, 1.807) is 31.5 Å². The Morgan fingerprint density at radius 1 is 1.00 bits per heavy atom. The molecular formula is C24H25N3O4S. The van der Waals surface area contributed by atoms with Gasteiger partial charge in [0.15, 0.2) is 0 Å². The highest BCUT2D eigenvalue weighted by Crippen LogP contribution is 2.24. The number of carbonyl (C=O) groups is 1. The summed E-state index contributed by atoms with van der Waals surface area (Å²) in [6.07, 6.45) is 3.36. The van der Waals surface area contributed by atoms with Gasteiger partial charge in [-0.1, -0.05) is 36.4 Å². The van der Waals surface area contributed by atoms with Gasteiger partial charge in [0.2, 0.25) is 10.0 Å². The maximum Gasteiger partial charge on any atom is 0.252 e. The van der Waals surface area contributed by atoms with Crippen molar-refractivity contribution in [2.75, 3.05) is 26.3 Å². The van der Waals surface area contributed by atoms with Gasteiger partial charge in [0.25, 0.3) is 5.91 Å². The number of morpholine rings is 1. The fourth-order valence-corrected chi connectivity index (χ4v) is 5.15. The first kappa shape index (κ1) is 22.1. The van der Waals surface area contributed by atoms with Gasteiger partial charge in [-0.15, -0.1) is 0 Å². The Morgan fingerprint density at radius 2 is 1.66 bits per heavy atom. The molecule has 166 valence electrons. The molecule has 2 heterocycles. The average Bonchev–Trinajstić information content (AvgIpc) is 2.84. The van der Waals surface area contributed by atoms with E-state index in [4.69, 9.17) is 4.74 Å². The summed E-state index contributed by atoms with van der Waals surface area (Å²) in [6, 6.07) is 17.6. The van der Waals surface area contributed by atoms with Gasteiger partial charge in [0, 0.05) is 31.0 Å². The van der Waals surface area contributed by atoms with Gasteiger partial charge in [0.1, 0.15) is 0 Å². The Morgan fingerprint density at radius 3 is 2.34 bits per heavy atom. The fraction of sp³-hybridized carbons (Fsp3) is 0.250. The maximum atomic E-state index is 13.3. The second-order valence-corrected chi connectivity index (χ2v) is 9.53. The number of ether oxygens (including phenoxy) is 1. The minimum absolute atomic E-state index is 0.107. The third kappa shape index (κ3) is 4.72. The SMILES string of the molecule is Cc1ccc(S(=O)(=O)N2CCOCC2)cc1C(=O)NC(c1ccccc1)c1ccncc1. The zero-order valence-electron chi connectivity index (χ0n) is 17.8. The van der Waals surface area contributed by atoms with Crippen LogP contribution >= 0.6 is 0 Å². The van der Waals surface area contributed by atoms with Crippen LogP contribution in [0.15, 0.2) is 78.0 Å². The number of nitrogens with one attached hydrogen (secondary N) is 1. The lowest BCUT2D eigenvalue weighted by atomic mass is 9.98. The van der Waals surface area contributed by atoms with Crippen LogP contribution in [0.2, 0.25) is 0 Å². The molecule has 1 aromatic heterocycles.